The Labute approximate surface area is 129 Å². The summed E-state index contributed by atoms with van der Waals surface area (Å²) in [6.45, 7) is 5.38. The summed E-state index contributed by atoms with van der Waals surface area (Å²) in [5, 5.41) is 3.92. The first-order valence-corrected chi connectivity index (χ1v) is 8.55. The molecule has 7 heteroatoms. The molecule has 1 fully saturated rings. The van der Waals surface area contributed by atoms with Gasteiger partial charge in [-0.3, -0.25) is 0 Å². The number of aryl methyl sites for hydroxylation is 2. The van der Waals surface area contributed by atoms with Crippen molar-refractivity contribution in [3.05, 3.63) is 35.7 Å². The van der Waals surface area contributed by atoms with E-state index in [9.17, 15) is 8.42 Å². The minimum absolute atomic E-state index is 0.296. The van der Waals surface area contributed by atoms with Gasteiger partial charge in [-0.25, -0.2) is 8.42 Å². The maximum Gasteiger partial charge on any atom is 0.243 e. The number of morpholine rings is 1. The lowest BCUT2D eigenvalue weighted by Crippen LogP contribution is -2.40. The van der Waals surface area contributed by atoms with Gasteiger partial charge in [0.1, 0.15) is 5.76 Å². The van der Waals surface area contributed by atoms with Gasteiger partial charge >= 0.3 is 0 Å². The fourth-order valence-corrected chi connectivity index (χ4v) is 4.03. The topological polar surface area (TPSA) is 72.6 Å². The lowest BCUT2D eigenvalue weighted by Gasteiger charge is -2.26. The highest BCUT2D eigenvalue weighted by Crippen LogP contribution is 2.28. The molecule has 6 nitrogen and oxygen atoms in total. The number of benzene rings is 1. The molecule has 22 heavy (non-hydrogen) atoms. The van der Waals surface area contributed by atoms with E-state index in [2.05, 4.69) is 5.16 Å². The Bertz CT molecular complexity index is 740. The van der Waals surface area contributed by atoms with Crippen LogP contribution in [0.2, 0.25) is 0 Å². The summed E-state index contributed by atoms with van der Waals surface area (Å²) >= 11 is 0. The van der Waals surface area contributed by atoms with Crippen molar-refractivity contribution in [3.63, 3.8) is 0 Å². The molecule has 0 N–H and O–H groups in total. The molecule has 1 aromatic carbocycles. The fourth-order valence-electron chi connectivity index (χ4n) is 2.62. The number of hydrogen-bond acceptors (Lipinski definition) is 5. The molecule has 118 valence electrons. The molecule has 3 rings (SSSR count). The van der Waals surface area contributed by atoms with Gasteiger partial charge in [0.05, 0.1) is 23.8 Å². The first-order valence-electron chi connectivity index (χ1n) is 7.11. The van der Waals surface area contributed by atoms with Crippen molar-refractivity contribution in [2.45, 2.75) is 18.7 Å². The van der Waals surface area contributed by atoms with Crippen LogP contribution in [0.25, 0.3) is 11.1 Å². The van der Waals surface area contributed by atoms with Gasteiger partial charge in [-0.1, -0.05) is 17.3 Å². The third-order valence-corrected chi connectivity index (χ3v) is 5.70. The summed E-state index contributed by atoms with van der Waals surface area (Å²) in [6, 6.07) is 6.84. The monoisotopic (exact) mass is 322 g/mol. The number of hydrogen-bond donors (Lipinski definition) is 0. The van der Waals surface area contributed by atoms with Gasteiger partial charge in [-0.2, -0.15) is 4.31 Å². The third-order valence-electron chi connectivity index (χ3n) is 3.78. The second-order valence-electron chi connectivity index (χ2n) is 5.24. The molecule has 2 aromatic rings. The summed E-state index contributed by atoms with van der Waals surface area (Å²) < 4.78 is 36.9. The van der Waals surface area contributed by atoms with E-state index in [-0.39, 0.29) is 0 Å². The maximum absolute atomic E-state index is 12.6. The van der Waals surface area contributed by atoms with Crippen LogP contribution >= 0.6 is 0 Å². The van der Waals surface area contributed by atoms with E-state index in [1.54, 1.807) is 24.3 Å². The summed E-state index contributed by atoms with van der Waals surface area (Å²) in [6.07, 6.45) is 0. The summed E-state index contributed by atoms with van der Waals surface area (Å²) in [5.74, 6) is 0.723. The minimum Gasteiger partial charge on any atom is -0.379 e. The van der Waals surface area contributed by atoms with Gasteiger partial charge in [0.15, 0.2) is 0 Å². The Balaban J connectivity index is 1.91. The van der Waals surface area contributed by atoms with Crippen LogP contribution in [0.1, 0.15) is 11.5 Å². The second-order valence-corrected chi connectivity index (χ2v) is 7.18. The number of ether oxygens (including phenoxy) is 1. The smallest absolute Gasteiger partial charge is 0.243 e. The Kier molecular flexibility index (Phi) is 4.03. The van der Waals surface area contributed by atoms with Gasteiger partial charge in [0.25, 0.3) is 0 Å². The lowest BCUT2D eigenvalue weighted by molar-refractivity contribution is 0.0730. The molecule has 0 amide bonds. The molecule has 0 aliphatic carbocycles. The molecule has 0 unspecified atom stereocenters. The molecule has 0 radical (unpaired) electrons. The summed E-state index contributed by atoms with van der Waals surface area (Å²) in [5.41, 5.74) is 2.61. The molecule has 1 saturated heterocycles. The van der Waals surface area contributed by atoms with Crippen molar-refractivity contribution >= 4 is 10.0 Å². The maximum atomic E-state index is 12.6. The number of sulfonamides is 1. The molecule has 2 heterocycles. The average molecular weight is 322 g/mol. The summed E-state index contributed by atoms with van der Waals surface area (Å²) in [7, 11) is -3.45. The molecule has 0 bridgehead atoms. The van der Waals surface area contributed by atoms with Crippen LogP contribution < -0.4 is 0 Å². The number of nitrogens with zero attached hydrogens (tertiary/aromatic N) is 2. The Morgan fingerprint density at radius 2 is 1.73 bits per heavy atom. The van der Waals surface area contributed by atoms with Gasteiger partial charge in [-0.15, -0.1) is 0 Å². The molecular formula is C15H18N2O4S. The van der Waals surface area contributed by atoms with Crippen LogP contribution in [-0.4, -0.2) is 44.2 Å². The van der Waals surface area contributed by atoms with Crippen LogP contribution in [0.15, 0.2) is 33.7 Å². The van der Waals surface area contributed by atoms with Gasteiger partial charge in [0, 0.05) is 18.7 Å². The molecule has 0 spiro atoms. The van der Waals surface area contributed by atoms with Crippen molar-refractivity contribution in [2.75, 3.05) is 26.3 Å². The van der Waals surface area contributed by atoms with Crippen molar-refractivity contribution < 1.29 is 17.7 Å². The Morgan fingerprint density at radius 1 is 1.09 bits per heavy atom. The van der Waals surface area contributed by atoms with Crippen LogP contribution in [0.3, 0.4) is 0 Å². The van der Waals surface area contributed by atoms with Crippen LogP contribution in [0.5, 0.6) is 0 Å². The van der Waals surface area contributed by atoms with Crippen LogP contribution in [-0.2, 0) is 14.8 Å². The van der Waals surface area contributed by atoms with E-state index in [1.165, 1.54) is 4.31 Å². The average Bonchev–Trinajstić information content (AvgIpc) is 2.87. The van der Waals surface area contributed by atoms with Crippen LogP contribution in [0.4, 0.5) is 0 Å². The van der Waals surface area contributed by atoms with Crippen molar-refractivity contribution in [2.24, 2.45) is 0 Å². The highest BCUT2D eigenvalue weighted by atomic mass is 32.2. The molecule has 0 atom stereocenters. The summed E-state index contributed by atoms with van der Waals surface area (Å²) in [4.78, 5) is 0.296. The molecule has 1 aromatic heterocycles. The van der Waals surface area contributed by atoms with Gasteiger partial charge in [0.2, 0.25) is 10.0 Å². The highest BCUT2D eigenvalue weighted by molar-refractivity contribution is 7.89. The molecule has 1 aliphatic rings. The van der Waals surface area contributed by atoms with Crippen LogP contribution in [0, 0.1) is 13.8 Å². The predicted molar refractivity (Wildman–Crippen MR) is 81.0 cm³/mol. The van der Waals surface area contributed by atoms with E-state index < -0.39 is 10.0 Å². The van der Waals surface area contributed by atoms with Crippen molar-refractivity contribution in [1.82, 2.24) is 9.46 Å². The molecule has 1 aliphatic heterocycles. The first-order chi connectivity index (χ1) is 10.5. The first kappa shape index (κ1) is 15.2. The third kappa shape index (κ3) is 2.67. The normalized spacial score (nSPS) is 16.8. The Hall–Kier alpha value is -1.70. The predicted octanol–water partition coefficient (Wildman–Crippen LogP) is 1.98. The van der Waals surface area contributed by atoms with E-state index in [0.717, 1.165) is 22.6 Å². The van der Waals surface area contributed by atoms with Crippen molar-refractivity contribution in [3.8, 4) is 11.1 Å². The number of aromatic nitrogens is 1. The number of rotatable bonds is 3. The second kappa shape index (κ2) is 5.83. The van der Waals surface area contributed by atoms with Crippen molar-refractivity contribution in [1.29, 1.82) is 0 Å². The standard InChI is InChI=1S/C15H18N2O4S/c1-11-15(12(2)21-16-11)13-3-5-14(6-4-13)22(18,19)17-7-9-20-10-8-17/h3-6H,7-10H2,1-2H3. The van der Waals surface area contributed by atoms with E-state index in [4.69, 9.17) is 9.26 Å². The highest BCUT2D eigenvalue weighted by Gasteiger charge is 2.26. The molecular weight excluding hydrogens is 304 g/mol. The largest absolute Gasteiger partial charge is 0.379 e. The van der Waals surface area contributed by atoms with E-state index in [1.807, 2.05) is 13.8 Å². The van der Waals surface area contributed by atoms with Gasteiger partial charge < -0.3 is 9.26 Å². The SMILES string of the molecule is Cc1noc(C)c1-c1ccc(S(=O)(=O)N2CCOCC2)cc1. The van der Waals surface area contributed by atoms with Gasteiger partial charge in [-0.05, 0) is 31.5 Å². The zero-order valence-corrected chi connectivity index (χ0v) is 13.4. The molecule has 0 saturated carbocycles. The quantitative estimate of drug-likeness (QED) is 0.864. The Morgan fingerprint density at radius 3 is 2.27 bits per heavy atom. The van der Waals surface area contributed by atoms with E-state index >= 15 is 0 Å². The zero-order valence-electron chi connectivity index (χ0n) is 12.6. The fraction of sp³-hybridized carbons (Fsp3) is 0.400. The van der Waals surface area contributed by atoms with E-state index in [0.29, 0.717) is 31.2 Å². The zero-order chi connectivity index (χ0) is 15.7. The minimum atomic E-state index is -3.45. The lowest BCUT2D eigenvalue weighted by atomic mass is 10.0.